The third-order valence-electron chi connectivity index (χ3n) is 7.49. The van der Waals surface area contributed by atoms with Crippen molar-refractivity contribution in [3.05, 3.63) is 82.5 Å². The summed E-state index contributed by atoms with van der Waals surface area (Å²) in [4.78, 5) is 3.95. The maximum atomic E-state index is 6.08. The lowest BCUT2D eigenvalue weighted by Gasteiger charge is -2.24. The topological polar surface area (TPSA) is 30.9 Å². The molecule has 4 aliphatic rings. The molecule has 3 atom stereocenters. The molecule has 0 bridgehead atoms. The molecule has 176 valence electrons. The average Bonchev–Trinajstić information content (AvgIpc) is 3.59. The van der Waals surface area contributed by atoms with E-state index in [2.05, 4.69) is 65.6 Å². The summed E-state index contributed by atoms with van der Waals surface area (Å²) in [5.74, 6) is 3.58. The number of hydrogen-bond donors (Lipinski definition) is 0. The Morgan fingerprint density at radius 2 is 1.74 bits per heavy atom. The predicted octanol–water partition coefficient (Wildman–Crippen LogP) is 3.94. The minimum Gasteiger partial charge on any atom is -0.497 e. The first-order chi connectivity index (χ1) is 16.7. The second-order valence-electron chi connectivity index (χ2n) is 9.38. The fourth-order valence-corrected chi connectivity index (χ4v) is 7.39. The number of fused-ring (bicyclic) bond motifs is 4. The van der Waals surface area contributed by atoms with Crippen LogP contribution >= 0.6 is 11.8 Å². The zero-order valence-electron chi connectivity index (χ0n) is 19.8. The Hall–Kier alpha value is -2.63. The molecule has 6 rings (SSSR count). The second kappa shape index (κ2) is 9.20. The number of allylic oxidation sites excluding steroid dienone is 2. The molecular weight excluding hydrogens is 442 g/mol. The molecule has 2 saturated heterocycles. The standard InChI is InChI=1S/C29H31NO3S/c1-31-21-9-11-23-25(17-21)27(28-24-12-10-22(32-2)18-26(24)34-29(23)28)19-5-7-20(8-6-19)33-16-15-30-13-3-4-14-30/h5-12,17-18,24,26,28H,3-4,13-16H2,1-2H3. The molecule has 2 aliphatic heterocycles. The Kier molecular flexibility index (Phi) is 5.92. The Bertz CT molecular complexity index is 1260. The van der Waals surface area contributed by atoms with E-state index in [-0.39, 0.29) is 0 Å². The number of hydrogen-bond acceptors (Lipinski definition) is 5. The van der Waals surface area contributed by atoms with Crippen molar-refractivity contribution in [2.24, 2.45) is 11.8 Å². The van der Waals surface area contributed by atoms with Crippen molar-refractivity contribution in [3.63, 3.8) is 0 Å². The van der Waals surface area contributed by atoms with Gasteiger partial charge in [-0.15, -0.1) is 11.8 Å². The van der Waals surface area contributed by atoms with E-state index < -0.39 is 0 Å². The van der Waals surface area contributed by atoms with Gasteiger partial charge in [0.25, 0.3) is 0 Å². The Morgan fingerprint density at radius 1 is 0.941 bits per heavy atom. The molecule has 0 aromatic heterocycles. The van der Waals surface area contributed by atoms with Gasteiger partial charge in [-0.25, -0.2) is 0 Å². The minimum atomic E-state index is 0.352. The highest BCUT2D eigenvalue weighted by Gasteiger charge is 2.44. The van der Waals surface area contributed by atoms with Crippen molar-refractivity contribution in [2.45, 2.75) is 18.1 Å². The predicted molar refractivity (Wildman–Crippen MR) is 138 cm³/mol. The van der Waals surface area contributed by atoms with E-state index in [1.54, 1.807) is 14.2 Å². The van der Waals surface area contributed by atoms with Crippen LogP contribution in [-0.2, 0) is 4.74 Å². The van der Waals surface area contributed by atoms with Gasteiger partial charge in [0.2, 0.25) is 0 Å². The summed E-state index contributed by atoms with van der Waals surface area (Å²) in [7, 11) is 3.49. The average molecular weight is 474 g/mol. The molecule has 0 radical (unpaired) electrons. The fraction of sp³-hybridized carbons (Fsp3) is 0.379. The summed E-state index contributed by atoms with van der Waals surface area (Å²) in [6.45, 7) is 4.17. The molecule has 34 heavy (non-hydrogen) atoms. The molecule has 2 heterocycles. The van der Waals surface area contributed by atoms with Gasteiger partial charge in [0.1, 0.15) is 23.9 Å². The molecule has 0 N–H and O–H groups in total. The summed E-state index contributed by atoms with van der Waals surface area (Å²) < 4.78 is 17.2. The van der Waals surface area contributed by atoms with Crippen LogP contribution in [0.15, 0.2) is 66.5 Å². The number of likely N-dealkylation sites (tertiary alicyclic amines) is 1. The van der Waals surface area contributed by atoms with Crippen LogP contribution in [0.1, 0.15) is 18.4 Å². The van der Waals surface area contributed by atoms with Crippen LogP contribution in [0.3, 0.4) is 0 Å². The van der Waals surface area contributed by atoms with E-state index >= 15 is 0 Å². The van der Waals surface area contributed by atoms with Gasteiger partial charge in [-0.2, -0.15) is 0 Å². The van der Waals surface area contributed by atoms with Gasteiger partial charge < -0.3 is 14.2 Å². The number of ether oxygens (including phenoxy) is 3. The number of rotatable bonds is 7. The van der Waals surface area contributed by atoms with E-state index in [0.717, 1.165) is 30.4 Å². The van der Waals surface area contributed by atoms with Gasteiger partial charge in [-0.1, -0.05) is 18.2 Å². The first kappa shape index (κ1) is 21.9. The van der Waals surface area contributed by atoms with E-state index in [9.17, 15) is 0 Å². The zero-order chi connectivity index (χ0) is 23.1. The van der Waals surface area contributed by atoms with Crippen molar-refractivity contribution < 1.29 is 14.2 Å². The van der Waals surface area contributed by atoms with Crippen LogP contribution in [-0.4, -0.2) is 50.6 Å². The van der Waals surface area contributed by atoms with E-state index in [4.69, 9.17) is 14.2 Å². The Labute approximate surface area is 205 Å². The maximum absolute atomic E-state index is 6.08. The molecule has 0 saturated carbocycles. The van der Waals surface area contributed by atoms with Crippen molar-refractivity contribution in [1.29, 1.82) is 0 Å². The van der Waals surface area contributed by atoms with E-state index in [1.807, 2.05) is 11.8 Å². The lowest BCUT2D eigenvalue weighted by molar-refractivity contribution is 0.238. The molecule has 2 fully saturated rings. The normalized spacial score (nSPS) is 25.1. The molecule has 2 aliphatic carbocycles. The third-order valence-corrected chi connectivity index (χ3v) is 8.94. The van der Waals surface area contributed by atoms with Gasteiger partial charge in [0.15, 0.2) is 0 Å². The summed E-state index contributed by atoms with van der Waals surface area (Å²) in [6, 6.07) is 15.2. The highest BCUT2D eigenvalue weighted by atomic mass is 32.2. The molecular formula is C29H31NO3S. The molecule has 0 spiro atoms. The summed E-state index contributed by atoms with van der Waals surface area (Å²) in [5.41, 5.74) is 2.66. The second-order valence-corrected chi connectivity index (χ2v) is 10.6. The number of thioether (sulfide) groups is 1. The smallest absolute Gasteiger partial charge is 0.119 e. The largest absolute Gasteiger partial charge is 0.497 e. The van der Waals surface area contributed by atoms with E-state index in [0.29, 0.717) is 17.1 Å². The molecule has 0 amide bonds. The molecule has 4 nitrogen and oxygen atoms in total. The molecule has 2 aromatic carbocycles. The lowest BCUT2D eigenvalue weighted by Crippen LogP contribution is -2.26. The van der Waals surface area contributed by atoms with Crippen LogP contribution in [0, 0.1) is 11.8 Å². The van der Waals surface area contributed by atoms with Crippen molar-refractivity contribution in [2.75, 3.05) is 40.5 Å². The zero-order valence-corrected chi connectivity index (χ0v) is 20.6. The van der Waals surface area contributed by atoms with E-state index in [1.165, 1.54) is 52.4 Å². The first-order valence-corrected chi connectivity index (χ1v) is 13.1. The lowest BCUT2D eigenvalue weighted by atomic mass is 9.80. The Morgan fingerprint density at radius 3 is 2.50 bits per heavy atom. The highest BCUT2D eigenvalue weighted by Crippen LogP contribution is 2.55. The van der Waals surface area contributed by atoms with Crippen molar-refractivity contribution in [3.8, 4) is 11.5 Å². The number of nitrogens with zero attached hydrogens (tertiary/aromatic N) is 1. The summed E-state index contributed by atoms with van der Waals surface area (Å²) >= 11 is 1.98. The highest BCUT2D eigenvalue weighted by molar-refractivity contribution is 8.09. The monoisotopic (exact) mass is 473 g/mol. The molecule has 5 heteroatoms. The van der Waals surface area contributed by atoms with Gasteiger partial charge in [-0.3, -0.25) is 4.90 Å². The molecule has 3 unspecified atom stereocenters. The quantitative estimate of drug-likeness (QED) is 0.608. The SMILES string of the molecule is COC1=CC2SC3=c4ccc(OC)cc4=C(c4ccc(OCCN5CCCC5)cc4)C3C2C=C1. The summed E-state index contributed by atoms with van der Waals surface area (Å²) in [5, 5.41) is 3.04. The van der Waals surface area contributed by atoms with Gasteiger partial charge in [-0.05, 0) is 90.0 Å². The van der Waals surface area contributed by atoms with Crippen molar-refractivity contribution >= 4 is 22.2 Å². The van der Waals surface area contributed by atoms with Crippen LogP contribution < -0.4 is 19.9 Å². The maximum Gasteiger partial charge on any atom is 0.119 e. The minimum absolute atomic E-state index is 0.352. The Balaban J connectivity index is 1.32. The van der Waals surface area contributed by atoms with Crippen molar-refractivity contribution in [1.82, 2.24) is 4.90 Å². The van der Waals surface area contributed by atoms with Crippen LogP contribution in [0.5, 0.6) is 11.5 Å². The summed E-state index contributed by atoms with van der Waals surface area (Å²) in [6.07, 6.45) is 9.38. The van der Waals surface area contributed by atoms with Gasteiger partial charge in [0, 0.05) is 28.5 Å². The first-order valence-electron chi connectivity index (χ1n) is 12.2. The fourth-order valence-electron chi connectivity index (χ4n) is 5.76. The van der Waals surface area contributed by atoms with Crippen LogP contribution in [0.4, 0.5) is 0 Å². The molecule has 2 aromatic rings. The number of methoxy groups -OCH3 is 2. The van der Waals surface area contributed by atoms with Gasteiger partial charge in [0.05, 0.1) is 14.2 Å². The van der Waals surface area contributed by atoms with Gasteiger partial charge >= 0.3 is 0 Å². The third kappa shape index (κ3) is 3.85. The van der Waals surface area contributed by atoms with Crippen LogP contribution in [0.2, 0.25) is 0 Å². The van der Waals surface area contributed by atoms with Crippen LogP contribution in [0.25, 0.3) is 10.5 Å². The number of benzene rings is 2.